The fourth-order valence-corrected chi connectivity index (χ4v) is 2.44. The van der Waals surface area contributed by atoms with Gasteiger partial charge in [0.2, 0.25) is 5.91 Å². The average Bonchev–Trinajstić information content (AvgIpc) is 2.43. The lowest BCUT2D eigenvalue weighted by molar-refractivity contribution is -0.121. The zero-order valence-corrected chi connectivity index (χ0v) is 13.4. The first-order valence-electron chi connectivity index (χ1n) is 6.33. The molecule has 0 fully saturated rings. The normalized spacial score (nSPS) is 10.3. The predicted octanol–water partition coefficient (Wildman–Crippen LogP) is 3.75. The third-order valence-corrected chi connectivity index (χ3v) is 3.48. The SMILES string of the molecule is Cc1cc(I)ccc1NC(=O)COCc1ccccc1. The molecule has 1 amide bonds. The van der Waals surface area contributed by atoms with Crippen LogP contribution in [-0.4, -0.2) is 12.5 Å². The number of amides is 1. The van der Waals surface area contributed by atoms with E-state index in [4.69, 9.17) is 4.74 Å². The van der Waals surface area contributed by atoms with Crippen LogP contribution in [0.3, 0.4) is 0 Å². The molecular formula is C16H16INO2. The summed E-state index contributed by atoms with van der Waals surface area (Å²) in [4.78, 5) is 11.8. The van der Waals surface area contributed by atoms with E-state index in [-0.39, 0.29) is 12.5 Å². The Morgan fingerprint density at radius 3 is 2.65 bits per heavy atom. The van der Waals surface area contributed by atoms with Gasteiger partial charge in [-0.25, -0.2) is 0 Å². The van der Waals surface area contributed by atoms with Crippen molar-refractivity contribution in [3.63, 3.8) is 0 Å². The monoisotopic (exact) mass is 381 g/mol. The second-order valence-corrected chi connectivity index (χ2v) is 5.73. The lowest BCUT2D eigenvalue weighted by atomic mass is 10.2. The molecule has 4 heteroatoms. The van der Waals surface area contributed by atoms with Gasteiger partial charge >= 0.3 is 0 Å². The van der Waals surface area contributed by atoms with Crippen molar-refractivity contribution in [3.05, 3.63) is 63.2 Å². The van der Waals surface area contributed by atoms with Gasteiger partial charge in [0.1, 0.15) is 6.61 Å². The van der Waals surface area contributed by atoms with Gasteiger partial charge in [-0.1, -0.05) is 30.3 Å². The molecule has 2 rings (SSSR count). The van der Waals surface area contributed by atoms with Crippen molar-refractivity contribution < 1.29 is 9.53 Å². The van der Waals surface area contributed by atoms with Crippen LogP contribution in [0.1, 0.15) is 11.1 Å². The molecular weight excluding hydrogens is 365 g/mol. The Hall–Kier alpha value is -1.40. The molecule has 104 valence electrons. The second kappa shape index (κ2) is 7.40. The van der Waals surface area contributed by atoms with Crippen LogP contribution in [0.25, 0.3) is 0 Å². The van der Waals surface area contributed by atoms with Crippen LogP contribution in [0.5, 0.6) is 0 Å². The van der Waals surface area contributed by atoms with E-state index in [9.17, 15) is 4.79 Å². The third-order valence-electron chi connectivity index (χ3n) is 2.81. The maximum absolute atomic E-state index is 11.8. The van der Waals surface area contributed by atoms with E-state index >= 15 is 0 Å². The molecule has 0 radical (unpaired) electrons. The van der Waals surface area contributed by atoms with E-state index in [1.807, 2.05) is 55.5 Å². The molecule has 0 aromatic heterocycles. The van der Waals surface area contributed by atoms with Crippen LogP contribution in [-0.2, 0) is 16.1 Å². The van der Waals surface area contributed by atoms with E-state index in [1.54, 1.807) is 0 Å². The zero-order valence-electron chi connectivity index (χ0n) is 11.2. The highest BCUT2D eigenvalue weighted by Gasteiger charge is 2.05. The van der Waals surface area contributed by atoms with Crippen molar-refractivity contribution in [1.82, 2.24) is 0 Å². The van der Waals surface area contributed by atoms with Crippen molar-refractivity contribution >= 4 is 34.2 Å². The Kier molecular flexibility index (Phi) is 5.55. The Morgan fingerprint density at radius 1 is 1.20 bits per heavy atom. The number of benzene rings is 2. The number of carbonyl (C=O) groups is 1. The van der Waals surface area contributed by atoms with Gasteiger partial charge in [-0.15, -0.1) is 0 Å². The molecule has 0 atom stereocenters. The van der Waals surface area contributed by atoms with Crippen LogP contribution >= 0.6 is 22.6 Å². The second-order valence-electron chi connectivity index (χ2n) is 4.49. The first kappa shape index (κ1) is 15.0. The van der Waals surface area contributed by atoms with Gasteiger partial charge in [0.05, 0.1) is 6.61 Å². The standard InChI is InChI=1S/C16H16INO2/c1-12-9-14(17)7-8-15(12)18-16(19)11-20-10-13-5-3-2-4-6-13/h2-9H,10-11H2,1H3,(H,18,19). The average molecular weight is 381 g/mol. The van der Waals surface area contributed by atoms with E-state index in [2.05, 4.69) is 27.9 Å². The van der Waals surface area contributed by atoms with E-state index in [0.717, 1.165) is 20.4 Å². The van der Waals surface area contributed by atoms with Crippen LogP contribution in [0.15, 0.2) is 48.5 Å². The molecule has 0 spiro atoms. The highest BCUT2D eigenvalue weighted by Crippen LogP contribution is 2.17. The lowest BCUT2D eigenvalue weighted by Crippen LogP contribution is -2.18. The minimum absolute atomic E-state index is 0.0559. The van der Waals surface area contributed by atoms with Gasteiger partial charge < -0.3 is 10.1 Å². The maximum atomic E-state index is 11.8. The first-order chi connectivity index (χ1) is 9.65. The molecule has 0 saturated carbocycles. The zero-order chi connectivity index (χ0) is 14.4. The summed E-state index contributed by atoms with van der Waals surface area (Å²) >= 11 is 2.25. The van der Waals surface area contributed by atoms with Crippen molar-refractivity contribution in [2.75, 3.05) is 11.9 Å². The lowest BCUT2D eigenvalue weighted by Gasteiger charge is -2.09. The molecule has 0 heterocycles. The number of aryl methyl sites for hydroxylation is 1. The fourth-order valence-electron chi connectivity index (χ4n) is 1.79. The maximum Gasteiger partial charge on any atom is 0.250 e. The van der Waals surface area contributed by atoms with Crippen LogP contribution in [0.4, 0.5) is 5.69 Å². The van der Waals surface area contributed by atoms with Gasteiger partial charge in [0, 0.05) is 9.26 Å². The number of rotatable bonds is 5. The summed E-state index contributed by atoms with van der Waals surface area (Å²) in [6.07, 6.45) is 0. The minimum atomic E-state index is -0.134. The topological polar surface area (TPSA) is 38.3 Å². The summed E-state index contributed by atoms with van der Waals surface area (Å²) in [5, 5.41) is 2.86. The Bertz CT molecular complexity index is 584. The molecule has 0 bridgehead atoms. The molecule has 3 nitrogen and oxygen atoms in total. The van der Waals surface area contributed by atoms with E-state index in [1.165, 1.54) is 0 Å². The van der Waals surface area contributed by atoms with Crippen molar-refractivity contribution in [3.8, 4) is 0 Å². The summed E-state index contributed by atoms with van der Waals surface area (Å²) in [7, 11) is 0. The summed E-state index contributed by atoms with van der Waals surface area (Å²) < 4.78 is 6.56. The van der Waals surface area contributed by atoms with E-state index < -0.39 is 0 Å². The first-order valence-corrected chi connectivity index (χ1v) is 7.41. The molecule has 0 saturated heterocycles. The molecule has 0 aliphatic rings. The minimum Gasteiger partial charge on any atom is -0.367 e. The number of halogens is 1. The number of hydrogen-bond donors (Lipinski definition) is 1. The summed E-state index contributed by atoms with van der Waals surface area (Å²) in [6, 6.07) is 15.7. The van der Waals surface area contributed by atoms with Crippen LogP contribution < -0.4 is 5.32 Å². The van der Waals surface area contributed by atoms with Crippen LogP contribution in [0, 0.1) is 10.5 Å². The van der Waals surface area contributed by atoms with Gasteiger partial charge in [-0.2, -0.15) is 0 Å². The number of anilines is 1. The predicted molar refractivity (Wildman–Crippen MR) is 88.6 cm³/mol. The largest absolute Gasteiger partial charge is 0.367 e. The molecule has 0 aliphatic carbocycles. The highest BCUT2D eigenvalue weighted by molar-refractivity contribution is 14.1. The smallest absolute Gasteiger partial charge is 0.250 e. The van der Waals surface area contributed by atoms with Gasteiger partial charge in [0.15, 0.2) is 0 Å². The molecule has 0 aliphatic heterocycles. The van der Waals surface area contributed by atoms with Gasteiger partial charge in [-0.3, -0.25) is 4.79 Å². The Balaban J connectivity index is 1.81. The van der Waals surface area contributed by atoms with Crippen molar-refractivity contribution in [2.45, 2.75) is 13.5 Å². The van der Waals surface area contributed by atoms with Crippen molar-refractivity contribution in [2.24, 2.45) is 0 Å². The molecule has 20 heavy (non-hydrogen) atoms. The molecule has 0 unspecified atom stereocenters. The number of ether oxygens (including phenoxy) is 1. The van der Waals surface area contributed by atoms with Gasteiger partial charge in [0.25, 0.3) is 0 Å². The summed E-state index contributed by atoms with van der Waals surface area (Å²) in [5.74, 6) is -0.134. The highest BCUT2D eigenvalue weighted by atomic mass is 127. The van der Waals surface area contributed by atoms with Gasteiger partial charge in [-0.05, 0) is 58.8 Å². The third kappa shape index (κ3) is 4.61. The molecule has 2 aromatic carbocycles. The quantitative estimate of drug-likeness (QED) is 0.802. The molecule has 2 aromatic rings. The number of carbonyl (C=O) groups excluding carboxylic acids is 1. The van der Waals surface area contributed by atoms with Crippen molar-refractivity contribution in [1.29, 1.82) is 0 Å². The Labute approximate surface area is 132 Å². The fraction of sp³-hybridized carbons (Fsp3) is 0.188. The summed E-state index contributed by atoms with van der Waals surface area (Å²) in [6.45, 7) is 2.48. The van der Waals surface area contributed by atoms with Crippen LogP contribution in [0.2, 0.25) is 0 Å². The molecule has 1 N–H and O–H groups in total. The number of hydrogen-bond acceptors (Lipinski definition) is 2. The Morgan fingerprint density at radius 2 is 1.95 bits per heavy atom. The number of nitrogens with one attached hydrogen (secondary N) is 1. The summed E-state index contributed by atoms with van der Waals surface area (Å²) in [5.41, 5.74) is 2.94. The van der Waals surface area contributed by atoms with E-state index in [0.29, 0.717) is 6.61 Å².